The van der Waals surface area contributed by atoms with Crippen molar-refractivity contribution in [3.63, 3.8) is 0 Å². The molecule has 0 radical (unpaired) electrons. The first-order valence-corrected chi connectivity index (χ1v) is 17.5. The lowest BCUT2D eigenvalue weighted by Gasteiger charge is -2.44. The molecule has 15 heteroatoms. The maximum absolute atomic E-state index is 14.3. The normalized spacial score (nSPS) is 15.4. The molecular weight excluding hydrogens is 682 g/mol. The van der Waals surface area contributed by atoms with Crippen molar-refractivity contribution in [2.75, 3.05) is 12.4 Å². The fourth-order valence-electron chi connectivity index (χ4n) is 5.90. The summed E-state index contributed by atoms with van der Waals surface area (Å²) in [5, 5.41) is 16.8. The second kappa shape index (κ2) is 18.6. The minimum absolute atomic E-state index is 0.0653. The molecule has 3 rings (SSSR count). The van der Waals surface area contributed by atoms with Crippen molar-refractivity contribution < 1.29 is 38.6 Å². The fourth-order valence-corrected chi connectivity index (χ4v) is 5.90. The zero-order chi connectivity index (χ0) is 39.5. The molecule has 0 spiro atoms. The topological polar surface area (TPSA) is 232 Å². The largest absolute Gasteiger partial charge is 0.467 e. The lowest BCUT2D eigenvalue weighted by molar-refractivity contribution is -0.167. The van der Waals surface area contributed by atoms with Crippen LogP contribution in [0.5, 0.6) is 0 Å². The van der Waals surface area contributed by atoms with Crippen molar-refractivity contribution in [1.29, 1.82) is 0 Å². The quantitative estimate of drug-likeness (QED) is 0.117. The molecule has 0 aliphatic carbocycles. The number of carbonyl (C=O) groups is 5. The smallest absolute Gasteiger partial charge is 0.418 e. The third-order valence-corrected chi connectivity index (χ3v) is 8.78. The number of imide groups is 1. The maximum atomic E-state index is 14.3. The molecule has 1 aromatic heterocycles. The molecule has 0 bridgehead atoms. The van der Waals surface area contributed by atoms with Crippen molar-refractivity contribution in [3.05, 3.63) is 83.9 Å². The lowest BCUT2D eigenvalue weighted by atomic mass is 9.75. The third kappa shape index (κ3) is 10.9. The minimum atomic E-state index is -1.93. The van der Waals surface area contributed by atoms with Crippen molar-refractivity contribution in [3.8, 4) is 0 Å². The summed E-state index contributed by atoms with van der Waals surface area (Å²) in [5.74, 6) is -3.39. The van der Waals surface area contributed by atoms with E-state index in [0.29, 0.717) is 28.9 Å². The first-order valence-electron chi connectivity index (χ1n) is 17.5. The summed E-state index contributed by atoms with van der Waals surface area (Å²) in [4.78, 5) is 75.4. The Balaban J connectivity index is 1.87. The molecule has 8 N–H and O–H groups in total. The van der Waals surface area contributed by atoms with E-state index >= 15 is 0 Å². The lowest BCUT2D eigenvalue weighted by Crippen LogP contribution is -2.62. The number of methoxy groups -OCH3 is 1. The van der Waals surface area contributed by atoms with E-state index in [0.717, 1.165) is 4.90 Å². The Kier molecular flexibility index (Phi) is 14.8. The van der Waals surface area contributed by atoms with Crippen LogP contribution in [0, 0.1) is 5.92 Å². The van der Waals surface area contributed by atoms with E-state index in [9.17, 15) is 29.1 Å². The number of hydrogen-bond donors (Lipinski definition) is 6. The Hall–Kier alpha value is -5.12. The summed E-state index contributed by atoms with van der Waals surface area (Å²) < 4.78 is 10.9. The number of carbonyl (C=O) groups excluding carboxylic acids is 5. The van der Waals surface area contributed by atoms with Gasteiger partial charge in [-0.15, -0.1) is 0 Å². The molecule has 2 aromatic carbocycles. The summed E-state index contributed by atoms with van der Waals surface area (Å²) in [7, 11) is 1.18. The van der Waals surface area contributed by atoms with Gasteiger partial charge < -0.3 is 41.7 Å². The van der Waals surface area contributed by atoms with E-state index in [-0.39, 0.29) is 12.8 Å². The second-order valence-corrected chi connectivity index (χ2v) is 14.1. The summed E-state index contributed by atoms with van der Waals surface area (Å²) in [6.45, 7) is 9.97. The van der Waals surface area contributed by atoms with E-state index in [1.165, 1.54) is 20.4 Å². The highest BCUT2D eigenvalue weighted by Crippen LogP contribution is 2.41. The van der Waals surface area contributed by atoms with Crippen molar-refractivity contribution in [2.45, 2.75) is 103 Å². The molecular formula is C38H53N7O8. The fraction of sp³-hybridized carbons (Fsp3) is 0.474. The van der Waals surface area contributed by atoms with Gasteiger partial charge in [0.25, 0.3) is 0 Å². The van der Waals surface area contributed by atoms with Gasteiger partial charge in [-0.25, -0.2) is 19.5 Å². The van der Waals surface area contributed by atoms with Crippen LogP contribution in [0.3, 0.4) is 0 Å². The van der Waals surface area contributed by atoms with Crippen LogP contribution < -0.4 is 22.1 Å². The van der Waals surface area contributed by atoms with E-state index in [2.05, 4.69) is 20.6 Å². The van der Waals surface area contributed by atoms with Gasteiger partial charge in [0.15, 0.2) is 5.54 Å². The van der Waals surface area contributed by atoms with Crippen molar-refractivity contribution in [1.82, 2.24) is 20.2 Å². The Morgan fingerprint density at radius 1 is 0.981 bits per heavy atom. The molecule has 1 heterocycles. The number of hydrogen-bond acceptors (Lipinski definition) is 11. The summed E-state index contributed by atoms with van der Waals surface area (Å²) in [6, 6.07) is 12.3. The molecule has 0 aliphatic rings. The Bertz CT molecular complexity index is 1690. The zero-order valence-corrected chi connectivity index (χ0v) is 31.4. The average molecular weight is 736 g/mol. The van der Waals surface area contributed by atoms with E-state index in [1.54, 1.807) is 88.5 Å². The number of amides is 4. The predicted molar refractivity (Wildman–Crippen MR) is 198 cm³/mol. The van der Waals surface area contributed by atoms with Gasteiger partial charge in [-0.3, -0.25) is 14.4 Å². The number of nitrogens with two attached hydrogens (primary N) is 2. The van der Waals surface area contributed by atoms with Gasteiger partial charge in [-0.05, 0) is 63.3 Å². The minimum Gasteiger partial charge on any atom is -0.467 e. The first kappa shape index (κ1) is 42.3. The number of aliphatic hydroxyl groups is 1. The van der Waals surface area contributed by atoms with Crippen LogP contribution >= 0.6 is 0 Å². The molecule has 4 amide bonds. The number of rotatable bonds is 16. The van der Waals surface area contributed by atoms with Crippen LogP contribution in [0.1, 0.15) is 71.2 Å². The van der Waals surface area contributed by atoms with Gasteiger partial charge in [-0.1, -0.05) is 62.7 Å². The number of anilines is 1. The molecule has 53 heavy (non-hydrogen) atoms. The first-order chi connectivity index (χ1) is 24.9. The monoisotopic (exact) mass is 735 g/mol. The molecule has 0 aliphatic heterocycles. The number of H-pyrrole nitrogens is 1. The predicted octanol–water partition coefficient (Wildman–Crippen LogP) is 2.92. The summed E-state index contributed by atoms with van der Waals surface area (Å²) >= 11 is 0. The number of aromatic nitrogens is 2. The van der Waals surface area contributed by atoms with Crippen molar-refractivity contribution >= 4 is 35.5 Å². The molecule has 0 saturated carbocycles. The standard InChI is InChI=1S/C38H53N7O8/c1-8-23(2)38(35(50)52-7,26-14-10-9-11-15-26)45(36(51)53-37(4,5)6)32(47)20-31(46)29(40)18-25-13-12-16-27(17-25)43-34(49)30(44-33(48)24(3)39)19-28-21-41-22-42-28/h9-17,21-24,29-31,46H,8,18-20,39-40H2,1-7H3,(H,41,42)(H,43,49)(H,44,48)/t23-,24?,29-,30-,31?,38+/m0/s1. The van der Waals surface area contributed by atoms with Gasteiger partial charge in [0, 0.05) is 30.0 Å². The molecule has 6 atom stereocenters. The number of nitrogens with zero attached hydrogens (tertiary/aromatic N) is 2. The van der Waals surface area contributed by atoms with Gasteiger partial charge >= 0.3 is 12.1 Å². The number of ether oxygens (including phenoxy) is 2. The SMILES string of the molecule is CC[C@H](C)[C@](C(=O)OC)(c1ccccc1)N(C(=O)CC(O)[C@@H](N)Cc1cccc(NC(=O)[C@H](Cc2cnc[nH]2)NC(=O)C(C)N)c1)C(=O)OC(C)(C)C. The Morgan fingerprint density at radius 2 is 1.66 bits per heavy atom. The van der Waals surface area contributed by atoms with Crippen LogP contribution in [0.2, 0.25) is 0 Å². The molecule has 15 nitrogen and oxygen atoms in total. The number of benzene rings is 2. The van der Waals surface area contributed by atoms with Gasteiger partial charge in [-0.2, -0.15) is 0 Å². The van der Waals surface area contributed by atoms with Crippen LogP contribution in [0.15, 0.2) is 67.1 Å². The van der Waals surface area contributed by atoms with Crippen LogP contribution in [0.25, 0.3) is 0 Å². The highest BCUT2D eigenvalue weighted by atomic mass is 16.6. The number of aromatic amines is 1. The second-order valence-electron chi connectivity index (χ2n) is 14.1. The Morgan fingerprint density at radius 3 is 2.23 bits per heavy atom. The van der Waals surface area contributed by atoms with Crippen LogP contribution in [-0.2, 0) is 47.0 Å². The number of nitrogens with one attached hydrogen (secondary N) is 3. The highest BCUT2D eigenvalue weighted by molar-refractivity contribution is 6.00. The maximum Gasteiger partial charge on any atom is 0.418 e. The molecule has 0 fully saturated rings. The average Bonchev–Trinajstić information content (AvgIpc) is 3.62. The van der Waals surface area contributed by atoms with E-state index in [1.807, 2.05) is 6.92 Å². The van der Waals surface area contributed by atoms with Gasteiger partial charge in [0.1, 0.15) is 11.6 Å². The third-order valence-electron chi connectivity index (χ3n) is 8.78. The number of imidazole rings is 1. The summed E-state index contributed by atoms with van der Waals surface area (Å²) in [5.41, 5.74) is 11.2. The van der Waals surface area contributed by atoms with Crippen LogP contribution in [-0.4, -0.2) is 86.7 Å². The molecule has 288 valence electrons. The number of esters is 1. The van der Waals surface area contributed by atoms with Crippen LogP contribution in [0.4, 0.5) is 10.5 Å². The molecule has 0 saturated heterocycles. The van der Waals surface area contributed by atoms with Crippen molar-refractivity contribution in [2.24, 2.45) is 17.4 Å². The summed E-state index contributed by atoms with van der Waals surface area (Å²) in [6.07, 6.45) is 0.395. The van der Waals surface area contributed by atoms with E-state index < -0.39 is 77.5 Å². The zero-order valence-electron chi connectivity index (χ0n) is 31.4. The highest BCUT2D eigenvalue weighted by Gasteiger charge is 2.56. The molecule has 2 unspecified atom stereocenters. The van der Waals surface area contributed by atoms with E-state index in [4.69, 9.17) is 20.9 Å². The van der Waals surface area contributed by atoms with Gasteiger partial charge in [0.2, 0.25) is 17.7 Å². The Labute approximate surface area is 310 Å². The van der Waals surface area contributed by atoms with Gasteiger partial charge in [0.05, 0.1) is 32.0 Å². The molecule has 3 aromatic rings. The number of aliphatic hydroxyl groups excluding tert-OH is 1.